The second-order valence-corrected chi connectivity index (χ2v) is 5.85. The van der Waals surface area contributed by atoms with E-state index in [0.29, 0.717) is 17.0 Å². The van der Waals surface area contributed by atoms with Crippen molar-refractivity contribution in [3.05, 3.63) is 89.9 Å². The van der Waals surface area contributed by atoms with Crippen LogP contribution in [-0.4, -0.2) is 11.8 Å². The smallest absolute Gasteiger partial charge is 0.257 e. The molecule has 1 heterocycles. The molecule has 3 rings (SSSR count). The van der Waals surface area contributed by atoms with Gasteiger partial charge in [0.05, 0.1) is 17.5 Å². The standard InChI is InChI=1S/C22H20N2O3/c1-2-16-8-3-5-11-19(16)24-22(26)18-10-4-6-12-20(18)23-21(25)14-13-17-9-7-15-27-17/h3-15H,2H2,1H3,(H,23,25)(H,24,26). The fourth-order valence-electron chi connectivity index (χ4n) is 2.65. The van der Waals surface area contributed by atoms with Gasteiger partial charge in [-0.15, -0.1) is 0 Å². The minimum Gasteiger partial charge on any atom is -0.465 e. The molecule has 27 heavy (non-hydrogen) atoms. The van der Waals surface area contributed by atoms with Crippen molar-refractivity contribution in [1.82, 2.24) is 0 Å². The number of hydrogen-bond donors (Lipinski definition) is 2. The van der Waals surface area contributed by atoms with E-state index in [1.165, 1.54) is 12.3 Å². The van der Waals surface area contributed by atoms with Crippen LogP contribution in [0.5, 0.6) is 0 Å². The topological polar surface area (TPSA) is 71.3 Å². The molecule has 5 heteroatoms. The molecule has 2 amide bonds. The second kappa shape index (κ2) is 8.67. The summed E-state index contributed by atoms with van der Waals surface area (Å²) >= 11 is 0. The van der Waals surface area contributed by atoms with Gasteiger partial charge in [0, 0.05) is 11.8 Å². The van der Waals surface area contributed by atoms with Crippen LogP contribution in [-0.2, 0) is 11.2 Å². The molecule has 5 nitrogen and oxygen atoms in total. The van der Waals surface area contributed by atoms with E-state index < -0.39 is 0 Å². The van der Waals surface area contributed by atoms with Crippen LogP contribution >= 0.6 is 0 Å². The molecule has 136 valence electrons. The Bertz CT molecular complexity index is 959. The van der Waals surface area contributed by atoms with E-state index >= 15 is 0 Å². The van der Waals surface area contributed by atoms with Crippen LogP contribution in [0.3, 0.4) is 0 Å². The van der Waals surface area contributed by atoms with E-state index in [-0.39, 0.29) is 11.8 Å². The maximum Gasteiger partial charge on any atom is 0.257 e. The van der Waals surface area contributed by atoms with Crippen LogP contribution in [0.1, 0.15) is 28.6 Å². The van der Waals surface area contributed by atoms with Crippen molar-refractivity contribution in [2.75, 3.05) is 10.6 Å². The maximum atomic E-state index is 12.7. The normalized spacial score (nSPS) is 10.7. The summed E-state index contributed by atoms with van der Waals surface area (Å²) in [5, 5.41) is 5.66. The van der Waals surface area contributed by atoms with Gasteiger partial charge < -0.3 is 15.1 Å². The predicted octanol–water partition coefficient (Wildman–Crippen LogP) is 4.75. The Morgan fingerprint density at radius 2 is 1.67 bits per heavy atom. The summed E-state index contributed by atoms with van der Waals surface area (Å²) in [7, 11) is 0. The van der Waals surface area contributed by atoms with Gasteiger partial charge in [-0.05, 0) is 48.4 Å². The van der Waals surface area contributed by atoms with Gasteiger partial charge in [0.2, 0.25) is 5.91 Å². The largest absolute Gasteiger partial charge is 0.465 e. The summed E-state index contributed by atoms with van der Waals surface area (Å²) < 4.78 is 5.15. The van der Waals surface area contributed by atoms with Gasteiger partial charge in [0.1, 0.15) is 5.76 Å². The number of para-hydroxylation sites is 2. The molecule has 0 fully saturated rings. The van der Waals surface area contributed by atoms with Crippen LogP contribution in [0.4, 0.5) is 11.4 Å². The van der Waals surface area contributed by atoms with Gasteiger partial charge in [-0.1, -0.05) is 37.3 Å². The van der Waals surface area contributed by atoms with Gasteiger partial charge in [0.25, 0.3) is 5.91 Å². The molecule has 0 aliphatic carbocycles. The molecule has 0 unspecified atom stereocenters. The molecule has 0 aliphatic heterocycles. The summed E-state index contributed by atoms with van der Waals surface area (Å²) in [6.07, 6.45) is 5.27. The number of carbonyl (C=O) groups excluding carboxylic acids is 2. The van der Waals surface area contributed by atoms with Crippen molar-refractivity contribution in [3.63, 3.8) is 0 Å². The molecule has 1 aromatic heterocycles. The Kier molecular flexibility index (Phi) is 5.84. The number of hydrogen-bond acceptors (Lipinski definition) is 3. The van der Waals surface area contributed by atoms with Crippen LogP contribution in [0.15, 0.2) is 77.4 Å². The number of nitrogens with one attached hydrogen (secondary N) is 2. The van der Waals surface area contributed by atoms with E-state index in [4.69, 9.17) is 4.42 Å². The molecule has 0 aliphatic rings. The molecule has 0 bridgehead atoms. The van der Waals surface area contributed by atoms with Gasteiger partial charge >= 0.3 is 0 Å². The highest BCUT2D eigenvalue weighted by Gasteiger charge is 2.13. The SMILES string of the molecule is CCc1ccccc1NC(=O)c1ccccc1NC(=O)C=Cc1ccco1. The highest BCUT2D eigenvalue weighted by atomic mass is 16.3. The van der Waals surface area contributed by atoms with E-state index in [2.05, 4.69) is 10.6 Å². The molecule has 0 spiro atoms. The lowest BCUT2D eigenvalue weighted by Crippen LogP contribution is -2.17. The third-order valence-corrected chi connectivity index (χ3v) is 4.02. The molecular weight excluding hydrogens is 340 g/mol. The summed E-state index contributed by atoms with van der Waals surface area (Å²) in [6.45, 7) is 2.03. The van der Waals surface area contributed by atoms with Crippen molar-refractivity contribution >= 4 is 29.3 Å². The first-order valence-electron chi connectivity index (χ1n) is 8.68. The highest BCUT2D eigenvalue weighted by Crippen LogP contribution is 2.20. The number of amides is 2. The van der Waals surface area contributed by atoms with Crippen LogP contribution < -0.4 is 10.6 Å². The Hall–Kier alpha value is -3.60. The average molecular weight is 360 g/mol. The van der Waals surface area contributed by atoms with Crippen molar-refractivity contribution in [2.45, 2.75) is 13.3 Å². The first-order valence-corrected chi connectivity index (χ1v) is 8.68. The first-order chi connectivity index (χ1) is 13.2. The number of anilines is 2. The summed E-state index contributed by atoms with van der Waals surface area (Å²) in [4.78, 5) is 24.9. The quantitative estimate of drug-likeness (QED) is 0.623. The lowest BCUT2D eigenvalue weighted by atomic mass is 10.1. The van der Waals surface area contributed by atoms with Crippen LogP contribution in [0, 0.1) is 0 Å². The molecule has 0 saturated carbocycles. The van der Waals surface area contributed by atoms with Gasteiger partial charge in [-0.2, -0.15) is 0 Å². The number of aryl methyl sites for hydroxylation is 1. The maximum absolute atomic E-state index is 12.7. The van der Waals surface area contributed by atoms with Crippen LogP contribution in [0.25, 0.3) is 6.08 Å². The van der Waals surface area contributed by atoms with E-state index in [1.807, 2.05) is 31.2 Å². The van der Waals surface area contributed by atoms with Crippen molar-refractivity contribution in [3.8, 4) is 0 Å². The third kappa shape index (κ3) is 4.73. The third-order valence-electron chi connectivity index (χ3n) is 4.02. The minimum absolute atomic E-state index is 0.276. The average Bonchev–Trinajstić information content (AvgIpc) is 3.21. The Balaban J connectivity index is 1.75. The van der Waals surface area contributed by atoms with Gasteiger partial charge in [0.15, 0.2) is 0 Å². The number of rotatable bonds is 6. The molecule has 2 aromatic carbocycles. The lowest BCUT2D eigenvalue weighted by molar-refractivity contribution is -0.111. The second-order valence-electron chi connectivity index (χ2n) is 5.85. The molecule has 0 radical (unpaired) electrons. The number of benzene rings is 2. The Labute approximate surface area is 157 Å². The zero-order chi connectivity index (χ0) is 19.1. The highest BCUT2D eigenvalue weighted by molar-refractivity contribution is 6.11. The predicted molar refractivity (Wildman–Crippen MR) is 107 cm³/mol. The van der Waals surface area contributed by atoms with Crippen LogP contribution in [0.2, 0.25) is 0 Å². The van der Waals surface area contributed by atoms with Gasteiger partial charge in [-0.3, -0.25) is 9.59 Å². The van der Waals surface area contributed by atoms with Gasteiger partial charge in [-0.25, -0.2) is 0 Å². The Morgan fingerprint density at radius 1 is 0.926 bits per heavy atom. The zero-order valence-electron chi connectivity index (χ0n) is 14.9. The molecule has 0 saturated heterocycles. The summed E-state index contributed by atoms with van der Waals surface area (Å²) in [6, 6.07) is 18.0. The minimum atomic E-state index is -0.347. The molecular formula is C22H20N2O3. The molecule has 3 aromatic rings. The van der Waals surface area contributed by atoms with Crippen molar-refractivity contribution < 1.29 is 14.0 Å². The fraction of sp³-hybridized carbons (Fsp3) is 0.0909. The fourth-order valence-corrected chi connectivity index (χ4v) is 2.65. The monoisotopic (exact) mass is 360 g/mol. The zero-order valence-corrected chi connectivity index (χ0v) is 14.9. The summed E-state index contributed by atoms with van der Waals surface area (Å²) in [5.74, 6) is -0.0465. The number of carbonyl (C=O) groups is 2. The summed E-state index contributed by atoms with van der Waals surface area (Å²) in [5.41, 5.74) is 2.65. The number of furan rings is 1. The first kappa shape index (κ1) is 18.2. The Morgan fingerprint density at radius 3 is 2.41 bits per heavy atom. The van der Waals surface area contributed by atoms with E-state index in [9.17, 15) is 9.59 Å². The van der Waals surface area contributed by atoms with Crippen molar-refractivity contribution in [1.29, 1.82) is 0 Å². The molecule has 2 N–H and O–H groups in total. The van der Waals surface area contributed by atoms with Crippen molar-refractivity contribution in [2.24, 2.45) is 0 Å². The van der Waals surface area contributed by atoms with E-state index in [0.717, 1.165) is 17.7 Å². The van der Waals surface area contributed by atoms with E-state index in [1.54, 1.807) is 42.5 Å². The lowest BCUT2D eigenvalue weighted by Gasteiger charge is -2.12. The molecule has 0 atom stereocenters.